The Morgan fingerprint density at radius 3 is 2.50 bits per heavy atom. The first-order valence-electron chi connectivity index (χ1n) is 12.0. The molecule has 1 aromatic heterocycles. The number of hydrogen-bond acceptors (Lipinski definition) is 3. The molecule has 1 N–H and O–H groups in total. The van der Waals surface area contributed by atoms with Gasteiger partial charge in [0, 0.05) is 36.4 Å². The van der Waals surface area contributed by atoms with Gasteiger partial charge in [-0.05, 0) is 70.8 Å². The molecule has 0 aliphatic carbocycles. The summed E-state index contributed by atoms with van der Waals surface area (Å²) in [5.74, 6) is -1.64. The highest BCUT2D eigenvalue weighted by Crippen LogP contribution is 2.31. The molecule has 4 aromatic carbocycles. The van der Waals surface area contributed by atoms with Crippen LogP contribution >= 0.6 is 0 Å². The molecule has 0 radical (unpaired) electrons. The molecule has 6 heteroatoms. The Bertz CT molecular complexity index is 1600. The predicted octanol–water partition coefficient (Wildman–Crippen LogP) is 6.82. The van der Waals surface area contributed by atoms with Gasteiger partial charge in [-0.1, -0.05) is 48.5 Å². The van der Waals surface area contributed by atoms with Gasteiger partial charge in [0.2, 0.25) is 0 Å². The second-order valence-corrected chi connectivity index (χ2v) is 8.41. The maximum atomic E-state index is 14.6. The molecule has 1 unspecified atom stereocenters. The number of carbonyl (C=O) groups is 1. The number of aliphatic carboxylic acids is 1. The summed E-state index contributed by atoms with van der Waals surface area (Å²) in [6.07, 6.45) is 4.14. The quantitative estimate of drug-likeness (QED) is 0.261. The Morgan fingerprint density at radius 1 is 1.00 bits per heavy atom. The van der Waals surface area contributed by atoms with Crippen molar-refractivity contribution in [2.24, 2.45) is 7.05 Å². The van der Waals surface area contributed by atoms with Crippen LogP contribution in [0.4, 0.5) is 15.8 Å². The predicted molar refractivity (Wildman–Crippen MR) is 142 cm³/mol. The summed E-state index contributed by atoms with van der Waals surface area (Å²) in [4.78, 5) is 12.7. The largest absolute Gasteiger partial charge is 0.478 e. The Balaban J connectivity index is 1.51. The Morgan fingerprint density at radius 2 is 1.75 bits per heavy atom. The van der Waals surface area contributed by atoms with E-state index in [0.29, 0.717) is 16.9 Å². The number of carboxylic acids is 1. The van der Waals surface area contributed by atoms with Gasteiger partial charge < -0.3 is 10.0 Å². The van der Waals surface area contributed by atoms with Crippen molar-refractivity contribution in [3.8, 4) is 11.1 Å². The third kappa shape index (κ3) is 5.03. The minimum atomic E-state index is -1.12. The topological polar surface area (TPSA) is 58.4 Å². The lowest BCUT2D eigenvalue weighted by Crippen LogP contribution is -2.16. The molecule has 5 rings (SSSR count). The van der Waals surface area contributed by atoms with Crippen molar-refractivity contribution < 1.29 is 15.7 Å². The molecule has 0 fully saturated rings. The maximum Gasteiger partial charge on any atom is 0.328 e. The summed E-state index contributed by atoms with van der Waals surface area (Å²) in [6.45, 7) is -0.879. The van der Waals surface area contributed by atoms with Crippen LogP contribution in [0.1, 0.15) is 12.5 Å². The molecular weight excluding hydrogens is 453 g/mol. The highest BCUT2D eigenvalue weighted by Gasteiger charge is 2.13. The van der Waals surface area contributed by atoms with E-state index in [9.17, 15) is 9.18 Å². The fourth-order valence-corrected chi connectivity index (χ4v) is 4.14. The molecule has 1 atom stereocenters. The molecule has 0 saturated heterocycles. The van der Waals surface area contributed by atoms with Crippen molar-refractivity contribution in [2.75, 3.05) is 4.90 Å². The SMILES string of the molecule is [2H]C(c1ccc(-c2ccc3c(cnn3C)c2)cc1)N(c1ccccc1)c1cc(F)cc(/C=C/C(=O)O)c1. The average Bonchev–Trinajstić information content (AvgIpc) is 3.28. The first-order valence-corrected chi connectivity index (χ1v) is 11.4. The number of rotatable bonds is 7. The van der Waals surface area contributed by atoms with Gasteiger partial charge in [-0.25, -0.2) is 9.18 Å². The fourth-order valence-electron chi connectivity index (χ4n) is 4.14. The van der Waals surface area contributed by atoms with Crippen molar-refractivity contribution in [1.82, 2.24) is 9.78 Å². The molecule has 0 spiro atoms. The normalized spacial score (nSPS) is 12.6. The van der Waals surface area contributed by atoms with Crippen LogP contribution in [0, 0.1) is 5.82 Å². The van der Waals surface area contributed by atoms with E-state index < -0.39 is 18.3 Å². The first kappa shape index (κ1) is 21.8. The lowest BCUT2D eigenvalue weighted by molar-refractivity contribution is -0.131. The van der Waals surface area contributed by atoms with Gasteiger partial charge in [0.25, 0.3) is 0 Å². The van der Waals surface area contributed by atoms with E-state index in [0.717, 1.165) is 33.7 Å². The van der Waals surface area contributed by atoms with Gasteiger partial charge >= 0.3 is 5.97 Å². The van der Waals surface area contributed by atoms with Crippen LogP contribution in [0.3, 0.4) is 0 Å². The van der Waals surface area contributed by atoms with Crippen molar-refractivity contribution in [2.45, 2.75) is 6.52 Å². The number of para-hydroxylation sites is 1. The van der Waals surface area contributed by atoms with Crippen molar-refractivity contribution in [3.05, 3.63) is 120 Å². The molecule has 1 heterocycles. The zero-order valence-electron chi connectivity index (χ0n) is 20.5. The van der Waals surface area contributed by atoms with E-state index in [4.69, 9.17) is 6.48 Å². The van der Waals surface area contributed by atoms with Crippen LogP contribution < -0.4 is 4.90 Å². The summed E-state index contributed by atoms with van der Waals surface area (Å²) in [5.41, 5.74) is 5.40. The van der Waals surface area contributed by atoms with Gasteiger partial charge in [-0.3, -0.25) is 4.68 Å². The summed E-state index contributed by atoms with van der Waals surface area (Å²) in [6, 6.07) is 27.5. The monoisotopic (exact) mass is 478 g/mol. The van der Waals surface area contributed by atoms with Crippen LogP contribution in [-0.4, -0.2) is 20.9 Å². The molecule has 36 heavy (non-hydrogen) atoms. The fraction of sp³-hybridized carbons (Fsp3) is 0.0667. The third-order valence-electron chi connectivity index (χ3n) is 5.90. The summed E-state index contributed by atoms with van der Waals surface area (Å²) < 4.78 is 25.5. The minimum absolute atomic E-state index is 0.395. The molecule has 5 nitrogen and oxygen atoms in total. The molecule has 0 saturated carbocycles. The molecule has 0 aliphatic heterocycles. The van der Waals surface area contributed by atoms with Gasteiger partial charge in [-0.2, -0.15) is 5.10 Å². The van der Waals surface area contributed by atoms with Crippen LogP contribution in [0.2, 0.25) is 0 Å². The molecule has 0 amide bonds. The third-order valence-corrected chi connectivity index (χ3v) is 5.90. The lowest BCUT2D eigenvalue weighted by atomic mass is 10.0. The Labute approximate surface area is 209 Å². The summed E-state index contributed by atoms with van der Waals surface area (Å²) >= 11 is 0. The van der Waals surface area contributed by atoms with Gasteiger partial charge in [-0.15, -0.1) is 0 Å². The Kier molecular flexibility index (Phi) is 5.98. The summed E-state index contributed by atoms with van der Waals surface area (Å²) in [5, 5.41) is 14.3. The zero-order chi connectivity index (χ0) is 25.9. The van der Waals surface area contributed by atoms with Crippen LogP contribution in [0.25, 0.3) is 28.1 Å². The lowest BCUT2D eigenvalue weighted by Gasteiger charge is -2.26. The highest BCUT2D eigenvalue weighted by molar-refractivity contribution is 5.86. The highest BCUT2D eigenvalue weighted by atomic mass is 19.1. The molecule has 0 bridgehead atoms. The minimum Gasteiger partial charge on any atom is -0.478 e. The van der Waals surface area contributed by atoms with Gasteiger partial charge in [0.1, 0.15) is 5.82 Å². The van der Waals surface area contributed by atoms with E-state index in [-0.39, 0.29) is 0 Å². The number of aryl methyl sites for hydroxylation is 1. The Hall–Kier alpha value is -4.71. The zero-order valence-corrected chi connectivity index (χ0v) is 19.5. The van der Waals surface area contributed by atoms with Crippen LogP contribution in [0.15, 0.2) is 103 Å². The number of fused-ring (bicyclic) bond motifs is 1. The number of benzene rings is 4. The van der Waals surface area contributed by atoms with E-state index in [1.54, 1.807) is 11.0 Å². The smallest absolute Gasteiger partial charge is 0.328 e. The first-order chi connectivity index (χ1) is 17.9. The number of aromatic nitrogens is 2. The molecule has 0 aliphatic rings. The number of hydrogen-bond donors (Lipinski definition) is 1. The second-order valence-electron chi connectivity index (χ2n) is 8.41. The molecule has 178 valence electrons. The number of anilines is 2. The van der Waals surface area contributed by atoms with Crippen molar-refractivity contribution >= 4 is 34.3 Å². The van der Waals surface area contributed by atoms with E-state index >= 15 is 0 Å². The van der Waals surface area contributed by atoms with E-state index in [2.05, 4.69) is 11.2 Å². The van der Waals surface area contributed by atoms with Gasteiger partial charge in [0.15, 0.2) is 0 Å². The van der Waals surface area contributed by atoms with Crippen molar-refractivity contribution in [1.29, 1.82) is 0 Å². The molecular formula is C30H24FN3O2. The maximum absolute atomic E-state index is 14.6. The molecule has 5 aromatic rings. The van der Waals surface area contributed by atoms with E-state index in [1.165, 1.54) is 18.2 Å². The average molecular weight is 479 g/mol. The van der Waals surface area contributed by atoms with Crippen molar-refractivity contribution in [3.63, 3.8) is 0 Å². The second kappa shape index (κ2) is 9.88. The number of nitrogens with zero attached hydrogens (tertiary/aromatic N) is 3. The summed E-state index contributed by atoms with van der Waals surface area (Å²) in [7, 11) is 1.91. The van der Waals surface area contributed by atoms with Crippen LogP contribution in [-0.2, 0) is 18.4 Å². The van der Waals surface area contributed by atoms with E-state index in [1.807, 2.05) is 84.7 Å². The van der Waals surface area contributed by atoms with Crippen LogP contribution in [0.5, 0.6) is 0 Å². The van der Waals surface area contributed by atoms with Gasteiger partial charge in [0.05, 0.1) is 13.1 Å². The standard InChI is InChI=1S/C30H24FN3O2/c1-33-29-13-12-24(17-25(29)19-32-33)23-10-7-21(8-11-23)20-34(27-5-3-2-4-6-27)28-16-22(9-14-30(35)36)15-26(31)18-28/h2-19H,20H2,1H3,(H,35,36)/b14-9+/i20D. The number of carboxylic acid groups (broad SMARTS) is 1. The number of halogens is 1.